The number of nitrogens with one attached hydrogen (secondary N) is 1. The highest BCUT2D eigenvalue weighted by molar-refractivity contribution is 5.90. The first-order valence-electron chi connectivity index (χ1n) is 10.0. The molecule has 30 heavy (non-hydrogen) atoms. The standard InChI is InChI=1S/C21H29N3O3.CH2O2/c1-14(2)18-23-19(24-27-18)22-17(25)12-21(10-11-26-20(4,5)13-21)16-9-7-6-8-15(16)3;2-1-3/h6-9,14H,10-13H2,1-5H3,(H,22,24,25);1H,(H,2,3). The van der Waals surface area contributed by atoms with E-state index in [0.717, 1.165) is 12.8 Å². The minimum atomic E-state index is -0.280. The number of benzene rings is 1. The minimum Gasteiger partial charge on any atom is -0.483 e. The Morgan fingerprint density at radius 3 is 2.57 bits per heavy atom. The van der Waals surface area contributed by atoms with Crippen LogP contribution in [0.25, 0.3) is 0 Å². The van der Waals surface area contributed by atoms with Gasteiger partial charge in [0, 0.05) is 24.4 Å². The van der Waals surface area contributed by atoms with E-state index in [2.05, 4.69) is 48.4 Å². The molecule has 2 heterocycles. The molecule has 0 aliphatic carbocycles. The van der Waals surface area contributed by atoms with Gasteiger partial charge in [-0.15, -0.1) is 0 Å². The first kappa shape index (κ1) is 23.5. The van der Waals surface area contributed by atoms with Gasteiger partial charge in [0.1, 0.15) is 0 Å². The molecule has 8 nitrogen and oxygen atoms in total. The minimum absolute atomic E-state index is 0.105. The fourth-order valence-electron chi connectivity index (χ4n) is 4.12. The third kappa shape index (κ3) is 5.89. The summed E-state index contributed by atoms with van der Waals surface area (Å²) < 4.78 is 11.1. The van der Waals surface area contributed by atoms with Gasteiger partial charge in [0.05, 0.1) is 5.60 Å². The number of nitrogens with zero attached hydrogens (tertiary/aromatic N) is 2. The Bertz CT molecular complexity index is 862. The maximum absolute atomic E-state index is 12.9. The summed E-state index contributed by atoms with van der Waals surface area (Å²) in [5.74, 6) is 0.769. The van der Waals surface area contributed by atoms with Crippen molar-refractivity contribution in [2.24, 2.45) is 0 Å². The lowest BCUT2D eigenvalue weighted by Crippen LogP contribution is -2.46. The Morgan fingerprint density at radius 2 is 2.00 bits per heavy atom. The van der Waals surface area contributed by atoms with E-state index in [4.69, 9.17) is 19.2 Å². The summed E-state index contributed by atoms with van der Waals surface area (Å²) in [5, 5.41) is 13.6. The number of aryl methyl sites for hydroxylation is 1. The SMILES string of the molecule is Cc1ccccc1C1(CC(=O)Nc2noc(C(C)C)n2)CCOC(C)(C)C1.O=CO. The molecule has 1 aromatic carbocycles. The molecule has 1 aliphatic rings. The van der Waals surface area contributed by atoms with Crippen LogP contribution in [0.5, 0.6) is 0 Å². The van der Waals surface area contributed by atoms with Crippen molar-refractivity contribution >= 4 is 18.3 Å². The molecular formula is C22H31N3O5. The third-order valence-corrected chi connectivity index (χ3v) is 5.24. The number of rotatable bonds is 5. The van der Waals surface area contributed by atoms with Gasteiger partial charge in [-0.3, -0.25) is 14.9 Å². The molecule has 8 heteroatoms. The van der Waals surface area contributed by atoms with Crippen molar-refractivity contribution in [3.8, 4) is 0 Å². The number of anilines is 1. The number of carbonyl (C=O) groups excluding carboxylic acids is 1. The molecule has 1 amide bonds. The molecule has 3 rings (SSSR count). The first-order chi connectivity index (χ1) is 14.1. The number of hydrogen-bond acceptors (Lipinski definition) is 6. The molecule has 1 aromatic heterocycles. The number of hydrogen-bond donors (Lipinski definition) is 2. The predicted octanol–water partition coefficient (Wildman–Crippen LogP) is 4.06. The Balaban J connectivity index is 0.00000101. The molecule has 1 aliphatic heterocycles. The quantitative estimate of drug-likeness (QED) is 0.705. The van der Waals surface area contributed by atoms with Gasteiger partial charge in [-0.25, -0.2) is 0 Å². The second-order valence-corrected chi connectivity index (χ2v) is 8.57. The van der Waals surface area contributed by atoms with E-state index >= 15 is 0 Å². The van der Waals surface area contributed by atoms with Crippen LogP contribution >= 0.6 is 0 Å². The van der Waals surface area contributed by atoms with E-state index < -0.39 is 0 Å². The van der Waals surface area contributed by atoms with Gasteiger partial charge in [-0.2, -0.15) is 4.98 Å². The second-order valence-electron chi connectivity index (χ2n) is 8.57. The van der Waals surface area contributed by atoms with Crippen LogP contribution in [0.4, 0.5) is 5.95 Å². The van der Waals surface area contributed by atoms with Gasteiger partial charge < -0.3 is 14.4 Å². The van der Waals surface area contributed by atoms with Crippen LogP contribution in [0.15, 0.2) is 28.8 Å². The van der Waals surface area contributed by atoms with E-state index in [1.54, 1.807) is 0 Å². The van der Waals surface area contributed by atoms with Gasteiger partial charge in [-0.05, 0) is 49.9 Å². The topological polar surface area (TPSA) is 115 Å². The maximum Gasteiger partial charge on any atom is 0.290 e. The van der Waals surface area contributed by atoms with E-state index in [9.17, 15) is 4.79 Å². The normalized spacial score (nSPS) is 20.2. The second kappa shape index (κ2) is 9.84. The smallest absolute Gasteiger partial charge is 0.290 e. The van der Waals surface area contributed by atoms with Crippen LogP contribution in [0.3, 0.4) is 0 Å². The van der Waals surface area contributed by atoms with Gasteiger partial charge in [0.15, 0.2) is 0 Å². The molecular weight excluding hydrogens is 386 g/mol. The zero-order chi connectivity index (χ0) is 22.4. The number of carboxylic acid groups (broad SMARTS) is 1. The van der Waals surface area contributed by atoms with Crippen LogP contribution in [-0.4, -0.2) is 39.8 Å². The number of amides is 1. The molecule has 164 valence electrons. The van der Waals surface area contributed by atoms with Crippen LogP contribution in [-0.2, 0) is 19.7 Å². The molecule has 0 saturated carbocycles. The van der Waals surface area contributed by atoms with Gasteiger partial charge in [-0.1, -0.05) is 38.1 Å². The highest BCUT2D eigenvalue weighted by Gasteiger charge is 2.44. The van der Waals surface area contributed by atoms with Crippen molar-refractivity contribution in [2.45, 2.75) is 70.8 Å². The van der Waals surface area contributed by atoms with Crippen LogP contribution in [0.2, 0.25) is 0 Å². The fourth-order valence-corrected chi connectivity index (χ4v) is 4.12. The van der Waals surface area contributed by atoms with Crippen molar-refractivity contribution in [3.63, 3.8) is 0 Å². The lowest BCUT2D eigenvalue weighted by Gasteiger charge is -2.45. The van der Waals surface area contributed by atoms with E-state index in [1.165, 1.54) is 11.1 Å². The van der Waals surface area contributed by atoms with Crippen molar-refractivity contribution in [3.05, 3.63) is 41.3 Å². The van der Waals surface area contributed by atoms with Crippen molar-refractivity contribution in [2.75, 3.05) is 11.9 Å². The van der Waals surface area contributed by atoms with Crippen molar-refractivity contribution in [1.82, 2.24) is 10.1 Å². The molecule has 2 N–H and O–H groups in total. The number of aromatic nitrogens is 2. The lowest BCUT2D eigenvalue weighted by atomic mass is 9.66. The van der Waals surface area contributed by atoms with Crippen molar-refractivity contribution in [1.29, 1.82) is 0 Å². The van der Waals surface area contributed by atoms with Crippen molar-refractivity contribution < 1.29 is 24.0 Å². The van der Waals surface area contributed by atoms with E-state index in [1.807, 2.05) is 26.0 Å². The summed E-state index contributed by atoms with van der Waals surface area (Å²) in [4.78, 5) is 25.5. The Morgan fingerprint density at radius 1 is 1.33 bits per heavy atom. The summed E-state index contributed by atoms with van der Waals surface area (Å²) in [7, 11) is 0. The van der Waals surface area contributed by atoms with E-state index in [-0.39, 0.29) is 35.3 Å². The predicted molar refractivity (Wildman–Crippen MR) is 112 cm³/mol. The van der Waals surface area contributed by atoms with Gasteiger partial charge in [0.2, 0.25) is 11.8 Å². The average Bonchev–Trinajstić information content (AvgIpc) is 3.10. The molecule has 0 radical (unpaired) electrons. The zero-order valence-electron chi connectivity index (χ0n) is 18.3. The van der Waals surface area contributed by atoms with Crippen LogP contribution in [0.1, 0.15) is 69.9 Å². The van der Waals surface area contributed by atoms with Crippen LogP contribution < -0.4 is 5.32 Å². The number of carbonyl (C=O) groups is 2. The maximum atomic E-state index is 12.9. The highest BCUT2D eigenvalue weighted by atomic mass is 16.5. The summed E-state index contributed by atoms with van der Waals surface area (Å²) in [6, 6.07) is 8.31. The Hall–Kier alpha value is -2.74. The summed E-state index contributed by atoms with van der Waals surface area (Å²) in [6.45, 7) is 10.6. The largest absolute Gasteiger partial charge is 0.483 e. The lowest BCUT2D eigenvalue weighted by molar-refractivity contribution is -0.123. The first-order valence-corrected chi connectivity index (χ1v) is 10.0. The highest BCUT2D eigenvalue weighted by Crippen LogP contribution is 2.45. The summed E-state index contributed by atoms with van der Waals surface area (Å²) in [6.07, 6.45) is 1.94. The third-order valence-electron chi connectivity index (χ3n) is 5.24. The molecule has 1 fully saturated rings. The fraction of sp³-hybridized carbons (Fsp3) is 0.545. The average molecular weight is 418 g/mol. The monoisotopic (exact) mass is 417 g/mol. The number of ether oxygens (including phenoxy) is 1. The molecule has 1 atom stereocenters. The van der Waals surface area contributed by atoms with Gasteiger partial charge >= 0.3 is 0 Å². The summed E-state index contributed by atoms with van der Waals surface area (Å²) in [5.41, 5.74) is 1.86. The molecule has 0 bridgehead atoms. The Labute approximate surface area is 177 Å². The molecule has 0 spiro atoms. The molecule has 1 saturated heterocycles. The zero-order valence-corrected chi connectivity index (χ0v) is 18.3. The Kier molecular flexibility index (Phi) is 7.72. The summed E-state index contributed by atoms with van der Waals surface area (Å²) >= 11 is 0. The van der Waals surface area contributed by atoms with Crippen LogP contribution in [0, 0.1) is 6.92 Å². The van der Waals surface area contributed by atoms with Gasteiger partial charge in [0.25, 0.3) is 12.4 Å². The van der Waals surface area contributed by atoms with E-state index in [0.29, 0.717) is 18.9 Å². The molecule has 2 aromatic rings. The molecule has 1 unspecified atom stereocenters.